The molecule has 6 heteroatoms. The number of nitrogens with zero attached hydrogens (tertiary/aromatic N) is 3. The minimum atomic E-state index is 0.0752. The van der Waals surface area contributed by atoms with Crippen LogP contribution in [-0.4, -0.2) is 33.6 Å². The molecule has 1 saturated heterocycles. The molecule has 23 heavy (non-hydrogen) atoms. The van der Waals surface area contributed by atoms with Crippen molar-refractivity contribution in [3.05, 3.63) is 35.4 Å². The van der Waals surface area contributed by atoms with Gasteiger partial charge in [0.25, 0.3) is 0 Å². The van der Waals surface area contributed by atoms with E-state index in [0.29, 0.717) is 11.8 Å². The number of aromatic nitrogens is 2. The first kappa shape index (κ1) is 15.5. The molecule has 0 radical (unpaired) electrons. The predicted molar refractivity (Wildman–Crippen MR) is 85.5 cm³/mol. The van der Waals surface area contributed by atoms with Crippen molar-refractivity contribution in [1.82, 2.24) is 15.1 Å². The van der Waals surface area contributed by atoms with E-state index in [1.165, 1.54) is 0 Å². The molecule has 0 N–H and O–H groups in total. The lowest BCUT2D eigenvalue weighted by Crippen LogP contribution is -2.44. The average molecular weight is 315 g/mol. The Kier molecular flexibility index (Phi) is 4.32. The van der Waals surface area contributed by atoms with E-state index in [1.807, 2.05) is 30.9 Å². The van der Waals surface area contributed by atoms with Crippen LogP contribution >= 0.6 is 0 Å². The number of rotatable bonds is 3. The van der Waals surface area contributed by atoms with E-state index in [0.717, 1.165) is 30.9 Å². The number of furan rings is 1. The number of hydrogen-bond donors (Lipinski definition) is 0. The summed E-state index contributed by atoms with van der Waals surface area (Å²) in [5.74, 6) is 2.83. The Morgan fingerprint density at radius 3 is 2.83 bits per heavy atom. The first-order chi connectivity index (χ1) is 11.0. The molecule has 2 aromatic heterocycles. The number of amides is 1. The van der Waals surface area contributed by atoms with Crippen LogP contribution in [0.1, 0.15) is 55.9 Å². The van der Waals surface area contributed by atoms with Gasteiger partial charge in [0.15, 0.2) is 0 Å². The topological polar surface area (TPSA) is 72.4 Å². The van der Waals surface area contributed by atoms with Crippen molar-refractivity contribution in [3.8, 4) is 0 Å². The molecule has 1 aliphatic heterocycles. The maximum atomic E-state index is 11.7. The third-order valence-electron chi connectivity index (χ3n) is 4.32. The molecule has 2 atom stereocenters. The van der Waals surface area contributed by atoms with Crippen molar-refractivity contribution < 1.29 is 13.6 Å². The van der Waals surface area contributed by atoms with E-state index in [-0.39, 0.29) is 17.9 Å². The highest BCUT2D eigenvalue weighted by molar-refractivity contribution is 5.73. The van der Waals surface area contributed by atoms with E-state index in [2.05, 4.69) is 10.2 Å². The van der Waals surface area contributed by atoms with Crippen LogP contribution in [-0.2, 0) is 4.79 Å². The summed E-state index contributed by atoms with van der Waals surface area (Å²) in [6.07, 6.45) is 5.45. The molecule has 0 unspecified atom stereocenters. The highest BCUT2D eigenvalue weighted by Crippen LogP contribution is 2.32. The minimum absolute atomic E-state index is 0.0752. The second kappa shape index (κ2) is 6.40. The summed E-state index contributed by atoms with van der Waals surface area (Å²) >= 11 is 0. The zero-order chi connectivity index (χ0) is 16.4. The summed E-state index contributed by atoms with van der Waals surface area (Å²) < 4.78 is 11.2. The van der Waals surface area contributed by atoms with Crippen molar-refractivity contribution in [1.29, 1.82) is 0 Å². The van der Waals surface area contributed by atoms with Crippen LogP contribution in [0, 0.1) is 6.92 Å². The maximum Gasteiger partial charge on any atom is 0.240 e. The third-order valence-corrected chi connectivity index (χ3v) is 4.32. The molecule has 1 fully saturated rings. The number of carbonyl (C=O) groups is 1. The molecule has 6 nitrogen and oxygen atoms in total. The van der Waals surface area contributed by atoms with E-state index >= 15 is 0 Å². The Morgan fingerprint density at radius 1 is 1.30 bits per heavy atom. The Labute approximate surface area is 135 Å². The summed E-state index contributed by atoms with van der Waals surface area (Å²) in [5, 5.41) is 8.23. The van der Waals surface area contributed by atoms with Gasteiger partial charge in [0.2, 0.25) is 17.7 Å². The number of likely N-dealkylation sites (tertiary alicyclic amines) is 1. The first-order valence-electron chi connectivity index (χ1n) is 7.89. The quantitative estimate of drug-likeness (QED) is 0.869. The van der Waals surface area contributed by atoms with Gasteiger partial charge in [0.05, 0.1) is 5.92 Å². The van der Waals surface area contributed by atoms with Gasteiger partial charge in [-0.1, -0.05) is 0 Å². The highest BCUT2D eigenvalue weighted by atomic mass is 16.4. The zero-order valence-corrected chi connectivity index (χ0v) is 13.7. The zero-order valence-electron chi connectivity index (χ0n) is 13.7. The lowest BCUT2D eigenvalue weighted by atomic mass is 9.90. The van der Waals surface area contributed by atoms with Gasteiger partial charge in [-0.2, -0.15) is 0 Å². The molecule has 0 aromatic carbocycles. The van der Waals surface area contributed by atoms with Gasteiger partial charge < -0.3 is 13.7 Å². The van der Waals surface area contributed by atoms with E-state index in [1.54, 1.807) is 19.1 Å². The normalized spacial score (nSPS) is 22.0. The first-order valence-corrected chi connectivity index (χ1v) is 7.89. The molecule has 0 saturated carbocycles. The van der Waals surface area contributed by atoms with Crippen LogP contribution in [0.4, 0.5) is 0 Å². The summed E-state index contributed by atoms with van der Waals surface area (Å²) in [5.41, 5.74) is 0. The second-order valence-electron chi connectivity index (χ2n) is 5.96. The smallest absolute Gasteiger partial charge is 0.240 e. The molecule has 3 heterocycles. The Morgan fingerprint density at radius 2 is 2.13 bits per heavy atom. The van der Waals surface area contributed by atoms with Gasteiger partial charge >= 0.3 is 0 Å². The van der Waals surface area contributed by atoms with Gasteiger partial charge in [-0.05, 0) is 44.9 Å². The molecule has 3 rings (SSSR count). The summed E-state index contributed by atoms with van der Waals surface area (Å²) in [6, 6.07) is 3.86. The second-order valence-corrected chi connectivity index (χ2v) is 5.96. The fourth-order valence-electron chi connectivity index (χ4n) is 3.08. The van der Waals surface area contributed by atoms with Crippen LogP contribution in [0.5, 0.6) is 0 Å². The standard InChI is InChI=1S/C17H21N3O3/c1-11-6-7-14(22-11)8-9-16-18-19-17(23-16)15-5-4-10-20(12(15)2)13(3)21/h6-9,12,15H,4-5,10H2,1-3H3/b9-8+/t12-,15-/m0/s1. The van der Waals surface area contributed by atoms with Gasteiger partial charge in [0.1, 0.15) is 11.5 Å². The van der Waals surface area contributed by atoms with E-state index < -0.39 is 0 Å². The molecule has 0 spiro atoms. The fraction of sp³-hybridized carbons (Fsp3) is 0.471. The van der Waals surface area contributed by atoms with Crippen LogP contribution in [0.2, 0.25) is 0 Å². The lowest BCUT2D eigenvalue weighted by molar-refractivity contribution is -0.132. The van der Waals surface area contributed by atoms with Crippen molar-refractivity contribution in [2.75, 3.05) is 6.54 Å². The fourth-order valence-corrected chi connectivity index (χ4v) is 3.08. The maximum absolute atomic E-state index is 11.7. The SMILES string of the molecule is CC(=O)N1CCC[C@H](c2nnc(/C=C/c3ccc(C)o3)o2)[C@@H]1C. The van der Waals surface area contributed by atoms with Crippen molar-refractivity contribution in [3.63, 3.8) is 0 Å². The Bertz CT molecular complexity index is 716. The van der Waals surface area contributed by atoms with Gasteiger partial charge in [-0.15, -0.1) is 10.2 Å². The molecule has 2 aromatic rings. The lowest BCUT2D eigenvalue weighted by Gasteiger charge is -2.37. The molecular weight excluding hydrogens is 294 g/mol. The molecule has 1 aliphatic rings. The van der Waals surface area contributed by atoms with E-state index in [4.69, 9.17) is 8.83 Å². The Hall–Kier alpha value is -2.37. The number of piperidine rings is 1. The Balaban J connectivity index is 1.73. The molecule has 1 amide bonds. The van der Waals surface area contributed by atoms with Crippen LogP contribution in [0.15, 0.2) is 21.0 Å². The van der Waals surface area contributed by atoms with Gasteiger partial charge in [-0.3, -0.25) is 4.79 Å². The summed E-state index contributed by atoms with van der Waals surface area (Å²) in [4.78, 5) is 13.6. The molecule has 122 valence electrons. The number of aryl methyl sites for hydroxylation is 1. The summed E-state index contributed by atoms with van der Waals surface area (Å²) in [7, 11) is 0. The third kappa shape index (κ3) is 3.36. The van der Waals surface area contributed by atoms with Gasteiger partial charge in [0, 0.05) is 25.6 Å². The molecule has 0 bridgehead atoms. The van der Waals surface area contributed by atoms with E-state index in [9.17, 15) is 4.79 Å². The summed E-state index contributed by atoms with van der Waals surface area (Å²) in [6.45, 7) is 6.34. The number of carbonyl (C=O) groups excluding carboxylic acids is 1. The molecular formula is C17H21N3O3. The van der Waals surface area contributed by atoms with Crippen LogP contribution < -0.4 is 0 Å². The molecule has 0 aliphatic carbocycles. The van der Waals surface area contributed by atoms with Crippen molar-refractivity contribution >= 4 is 18.1 Å². The van der Waals surface area contributed by atoms with Crippen molar-refractivity contribution in [2.45, 2.75) is 45.6 Å². The highest BCUT2D eigenvalue weighted by Gasteiger charge is 2.33. The van der Waals surface area contributed by atoms with Crippen molar-refractivity contribution in [2.24, 2.45) is 0 Å². The van der Waals surface area contributed by atoms with Gasteiger partial charge in [-0.25, -0.2) is 0 Å². The minimum Gasteiger partial charge on any atom is -0.462 e. The predicted octanol–water partition coefficient (Wildman–Crippen LogP) is 3.26. The number of hydrogen-bond acceptors (Lipinski definition) is 5. The average Bonchev–Trinajstić information content (AvgIpc) is 3.14. The van der Waals surface area contributed by atoms with Crippen LogP contribution in [0.25, 0.3) is 12.2 Å². The largest absolute Gasteiger partial charge is 0.462 e. The van der Waals surface area contributed by atoms with Crippen LogP contribution in [0.3, 0.4) is 0 Å². The monoisotopic (exact) mass is 315 g/mol.